The molecule has 1 saturated heterocycles. The lowest BCUT2D eigenvalue weighted by Crippen LogP contribution is -2.42. The van der Waals surface area contributed by atoms with Crippen LogP contribution in [0.1, 0.15) is 18.4 Å². The van der Waals surface area contributed by atoms with E-state index >= 15 is 0 Å². The number of piperidine rings is 1. The summed E-state index contributed by atoms with van der Waals surface area (Å²) in [7, 11) is -3.40. The van der Waals surface area contributed by atoms with Crippen LogP contribution in [0.4, 0.5) is 0 Å². The highest BCUT2D eigenvalue weighted by Crippen LogP contribution is 2.27. The van der Waals surface area contributed by atoms with Crippen molar-refractivity contribution in [2.75, 3.05) is 13.1 Å². The van der Waals surface area contributed by atoms with Crippen LogP contribution in [0.25, 0.3) is 0 Å². The zero-order valence-electron chi connectivity index (χ0n) is 10.3. The van der Waals surface area contributed by atoms with Crippen molar-refractivity contribution in [2.45, 2.75) is 30.7 Å². The molecule has 0 aliphatic carbocycles. The van der Waals surface area contributed by atoms with E-state index in [0.29, 0.717) is 22.5 Å². The van der Waals surface area contributed by atoms with E-state index in [4.69, 9.17) is 5.73 Å². The fourth-order valence-corrected chi connectivity index (χ4v) is 4.69. The number of benzene rings is 1. The van der Waals surface area contributed by atoms with Crippen molar-refractivity contribution in [2.24, 2.45) is 5.73 Å². The van der Waals surface area contributed by atoms with Crippen molar-refractivity contribution in [1.82, 2.24) is 4.31 Å². The number of hydrogen-bond donors (Lipinski definition) is 1. The molecule has 1 aromatic rings. The second kappa shape index (κ2) is 5.28. The quantitative estimate of drug-likeness (QED) is 0.899. The van der Waals surface area contributed by atoms with Crippen molar-refractivity contribution in [3.63, 3.8) is 0 Å². The first-order valence-corrected chi connectivity index (χ1v) is 8.16. The molecule has 0 saturated carbocycles. The van der Waals surface area contributed by atoms with Crippen molar-refractivity contribution < 1.29 is 8.42 Å². The maximum atomic E-state index is 12.5. The van der Waals surface area contributed by atoms with E-state index in [2.05, 4.69) is 15.9 Å². The largest absolute Gasteiger partial charge is 0.328 e. The first kappa shape index (κ1) is 14.0. The lowest BCUT2D eigenvalue weighted by Gasteiger charge is -2.29. The number of aryl methyl sites for hydroxylation is 1. The summed E-state index contributed by atoms with van der Waals surface area (Å²) in [5, 5.41) is 0. The molecular formula is C12H17BrN2O2S. The molecule has 2 rings (SSSR count). The van der Waals surface area contributed by atoms with Gasteiger partial charge in [0, 0.05) is 23.6 Å². The van der Waals surface area contributed by atoms with Gasteiger partial charge in [-0.25, -0.2) is 8.42 Å². The van der Waals surface area contributed by atoms with Gasteiger partial charge in [-0.2, -0.15) is 4.31 Å². The predicted molar refractivity (Wildman–Crippen MR) is 74.8 cm³/mol. The second-order valence-electron chi connectivity index (χ2n) is 4.68. The van der Waals surface area contributed by atoms with Gasteiger partial charge >= 0.3 is 0 Å². The van der Waals surface area contributed by atoms with Crippen molar-refractivity contribution in [3.8, 4) is 0 Å². The molecule has 1 aliphatic heterocycles. The minimum absolute atomic E-state index is 0.123. The molecule has 1 heterocycles. The Morgan fingerprint density at radius 2 is 1.94 bits per heavy atom. The van der Waals surface area contributed by atoms with Crippen molar-refractivity contribution >= 4 is 26.0 Å². The molecule has 0 amide bonds. The standard InChI is InChI=1S/C12H17BrN2O2S/c1-9-2-3-12(11(13)8-9)18(16,17)15-6-4-10(14)5-7-15/h2-3,8,10H,4-7,14H2,1H3. The summed E-state index contributed by atoms with van der Waals surface area (Å²) in [6, 6.07) is 5.41. The van der Waals surface area contributed by atoms with E-state index < -0.39 is 10.0 Å². The molecule has 100 valence electrons. The Hall–Kier alpha value is -0.430. The summed E-state index contributed by atoms with van der Waals surface area (Å²) < 4.78 is 27.1. The van der Waals surface area contributed by atoms with E-state index in [9.17, 15) is 8.42 Å². The summed E-state index contributed by atoms with van der Waals surface area (Å²) >= 11 is 3.33. The summed E-state index contributed by atoms with van der Waals surface area (Å²) in [4.78, 5) is 0.337. The van der Waals surface area contributed by atoms with Crippen molar-refractivity contribution in [1.29, 1.82) is 0 Å². The molecule has 0 unspecified atom stereocenters. The molecule has 6 heteroatoms. The van der Waals surface area contributed by atoms with E-state index in [1.807, 2.05) is 19.1 Å². The van der Waals surface area contributed by atoms with Crippen LogP contribution in [0.2, 0.25) is 0 Å². The van der Waals surface area contributed by atoms with Crippen LogP contribution in [0, 0.1) is 6.92 Å². The van der Waals surface area contributed by atoms with Gasteiger partial charge in [-0.15, -0.1) is 0 Å². The Labute approximate surface area is 116 Å². The van der Waals surface area contributed by atoms with Crippen LogP contribution in [0.3, 0.4) is 0 Å². The van der Waals surface area contributed by atoms with Gasteiger partial charge in [-0.1, -0.05) is 6.07 Å². The van der Waals surface area contributed by atoms with E-state index in [1.54, 1.807) is 6.07 Å². The normalized spacial score (nSPS) is 19.1. The Bertz CT molecular complexity index is 537. The maximum Gasteiger partial charge on any atom is 0.244 e. The Morgan fingerprint density at radius 1 is 1.33 bits per heavy atom. The molecule has 1 aromatic carbocycles. The minimum Gasteiger partial charge on any atom is -0.328 e. The third kappa shape index (κ3) is 2.77. The number of hydrogen-bond acceptors (Lipinski definition) is 3. The highest BCUT2D eigenvalue weighted by Gasteiger charge is 2.29. The summed E-state index contributed by atoms with van der Waals surface area (Å²) in [6.45, 7) is 2.94. The SMILES string of the molecule is Cc1ccc(S(=O)(=O)N2CCC(N)CC2)c(Br)c1. The number of halogens is 1. The number of sulfonamides is 1. The van der Waals surface area contributed by atoms with Crippen molar-refractivity contribution in [3.05, 3.63) is 28.2 Å². The Kier molecular flexibility index (Phi) is 4.11. The second-order valence-corrected chi connectivity index (χ2v) is 7.44. The van der Waals surface area contributed by atoms with Gasteiger partial charge < -0.3 is 5.73 Å². The monoisotopic (exact) mass is 332 g/mol. The molecule has 2 N–H and O–H groups in total. The van der Waals surface area contributed by atoms with Crippen LogP contribution >= 0.6 is 15.9 Å². The smallest absolute Gasteiger partial charge is 0.244 e. The predicted octanol–water partition coefficient (Wildman–Crippen LogP) is 1.87. The van der Waals surface area contributed by atoms with Gasteiger partial charge in [-0.3, -0.25) is 0 Å². The molecule has 1 fully saturated rings. The zero-order chi connectivity index (χ0) is 13.3. The lowest BCUT2D eigenvalue weighted by atomic mass is 10.1. The van der Waals surface area contributed by atoms with Gasteiger partial charge in [0.15, 0.2) is 0 Å². The first-order chi connectivity index (χ1) is 8.41. The van der Waals surface area contributed by atoms with Gasteiger partial charge in [0.25, 0.3) is 0 Å². The molecule has 0 aromatic heterocycles. The van der Waals surface area contributed by atoms with E-state index in [0.717, 1.165) is 18.4 Å². The number of nitrogens with zero attached hydrogens (tertiary/aromatic N) is 1. The molecule has 1 aliphatic rings. The maximum absolute atomic E-state index is 12.5. The third-order valence-corrected chi connectivity index (χ3v) is 6.08. The van der Waals surface area contributed by atoms with Gasteiger partial charge in [0.05, 0.1) is 4.90 Å². The van der Waals surface area contributed by atoms with E-state index in [-0.39, 0.29) is 6.04 Å². The highest BCUT2D eigenvalue weighted by atomic mass is 79.9. The van der Waals surface area contributed by atoms with Gasteiger partial charge in [0.2, 0.25) is 10.0 Å². The van der Waals surface area contributed by atoms with Crippen LogP contribution in [-0.2, 0) is 10.0 Å². The molecule has 0 spiro atoms. The average molecular weight is 333 g/mol. The van der Waals surface area contributed by atoms with Crippen LogP contribution < -0.4 is 5.73 Å². The first-order valence-electron chi connectivity index (χ1n) is 5.93. The summed E-state index contributed by atoms with van der Waals surface area (Å²) in [5.41, 5.74) is 6.83. The fraction of sp³-hybridized carbons (Fsp3) is 0.500. The Balaban J connectivity index is 2.30. The third-order valence-electron chi connectivity index (χ3n) is 3.20. The van der Waals surface area contributed by atoms with Gasteiger partial charge in [-0.05, 0) is 53.4 Å². The molecule has 0 atom stereocenters. The van der Waals surface area contributed by atoms with E-state index in [1.165, 1.54) is 4.31 Å². The fourth-order valence-electron chi connectivity index (χ4n) is 2.07. The summed E-state index contributed by atoms with van der Waals surface area (Å²) in [5.74, 6) is 0. The summed E-state index contributed by atoms with van der Waals surface area (Å²) in [6.07, 6.45) is 1.45. The number of rotatable bonds is 2. The highest BCUT2D eigenvalue weighted by molar-refractivity contribution is 9.10. The van der Waals surface area contributed by atoms with Crippen LogP contribution in [0.5, 0.6) is 0 Å². The minimum atomic E-state index is -3.40. The number of nitrogens with two attached hydrogens (primary N) is 1. The molecule has 0 bridgehead atoms. The average Bonchev–Trinajstić information content (AvgIpc) is 2.29. The Morgan fingerprint density at radius 3 is 2.50 bits per heavy atom. The lowest BCUT2D eigenvalue weighted by molar-refractivity contribution is 0.320. The molecule has 18 heavy (non-hydrogen) atoms. The topological polar surface area (TPSA) is 63.4 Å². The molecule has 0 radical (unpaired) electrons. The zero-order valence-corrected chi connectivity index (χ0v) is 12.7. The van der Waals surface area contributed by atoms with Crippen LogP contribution in [-0.4, -0.2) is 31.9 Å². The molecule has 4 nitrogen and oxygen atoms in total. The van der Waals surface area contributed by atoms with Gasteiger partial charge in [0.1, 0.15) is 0 Å². The van der Waals surface area contributed by atoms with Crippen LogP contribution in [0.15, 0.2) is 27.6 Å². The molecular weight excluding hydrogens is 316 g/mol.